The largest absolute Gasteiger partial charge is 0.385 e. The van der Waals surface area contributed by atoms with Crippen LogP contribution >= 0.6 is 0 Å². The second-order valence-electron chi connectivity index (χ2n) is 8.54. The number of guanidine groups is 1. The topological polar surface area (TPSA) is 57.7 Å². The molecule has 0 bridgehead atoms. The summed E-state index contributed by atoms with van der Waals surface area (Å²) >= 11 is 0. The summed E-state index contributed by atoms with van der Waals surface area (Å²) in [5.74, 6) is 0.876. The standard InChI is InChI=1S/C22H38N4O/c1-18(19-10-7-6-8-11-19)26-21(2,3)16-24-20(23-4)25-17-22(12-9-13-22)14-15-27-5/h6-8,10-11,18,26H,9,12-17H2,1-5H3,(H2,23,24,25). The van der Waals surface area contributed by atoms with Gasteiger partial charge >= 0.3 is 0 Å². The van der Waals surface area contributed by atoms with Gasteiger partial charge in [0, 0.05) is 45.4 Å². The number of rotatable bonds is 10. The molecule has 1 aliphatic carbocycles. The first-order valence-electron chi connectivity index (χ1n) is 10.2. The Kier molecular flexibility index (Phi) is 8.11. The van der Waals surface area contributed by atoms with Crippen LogP contribution in [0.2, 0.25) is 0 Å². The summed E-state index contributed by atoms with van der Waals surface area (Å²) in [5.41, 5.74) is 1.62. The van der Waals surface area contributed by atoms with E-state index >= 15 is 0 Å². The monoisotopic (exact) mass is 374 g/mol. The Morgan fingerprint density at radius 3 is 2.48 bits per heavy atom. The summed E-state index contributed by atoms with van der Waals surface area (Å²) in [4.78, 5) is 4.41. The second kappa shape index (κ2) is 10.1. The van der Waals surface area contributed by atoms with Crippen LogP contribution in [0, 0.1) is 5.41 Å². The van der Waals surface area contributed by atoms with Gasteiger partial charge < -0.3 is 20.7 Å². The molecule has 1 unspecified atom stereocenters. The van der Waals surface area contributed by atoms with Gasteiger partial charge in [-0.05, 0) is 51.0 Å². The molecule has 152 valence electrons. The van der Waals surface area contributed by atoms with Gasteiger partial charge in [0.2, 0.25) is 0 Å². The van der Waals surface area contributed by atoms with E-state index in [-0.39, 0.29) is 5.54 Å². The molecule has 0 radical (unpaired) electrons. The Morgan fingerprint density at radius 1 is 1.22 bits per heavy atom. The number of nitrogens with zero attached hydrogens (tertiary/aromatic N) is 1. The third-order valence-corrected chi connectivity index (χ3v) is 5.71. The number of nitrogens with one attached hydrogen (secondary N) is 3. The first-order chi connectivity index (χ1) is 12.9. The molecular weight excluding hydrogens is 336 g/mol. The molecule has 1 saturated carbocycles. The van der Waals surface area contributed by atoms with Gasteiger partial charge in [-0.1, -0.05) is 36.8 Å². The van der Waals surface area contributed by atoms with Crippen molar-refractivity contribution < 1.29 is 4.74 Å². The van der Waals surface area contributed by atoms with Crippen LogP contribution in [0.4, 0.5) is 0 Å². The van der Waals surface area contributed by atoms with Crippen LogP contribution in [0.5, 0.6) is 0 Å². The van der Waals surface area contributed by atoms with Gasteiger partial charge in [0.25, 0.3) is 0 Å². The number of hydrogen-bond acceptors (Lipinski definition) is 3. The van der Waals surface area contributed by atoms with Crippen LogP contribution in [0.15, 0.2) is 35.3 Å². The Balaban J connectivity index is 1.80. The van der Waals surface area contributed by atoms with Crippen molar-refractivity contribution in [3.05, 3.63) is 35.9 Å². The smallest absolute Gasteiger partial charge is 0.191 e. The lowest BCUT2D eigenvalue weighted by atomic mass is 9.67. The van der Waals surface area contributed by atoms with Gasteiger partial charge in [-0.25, -0.2) is 0 Å². The van der Waals surface area contributed by atoms with Crippen molar-refractivity contribution in [2.24, 2.45) is 10.4 Å². The van der Waals surface area contributed by atoms with Crippen molar-refractivity contribution in [3.8, 4) is 0 Å². The minimum atomic E-state index is -0.0584. The summed E-state index contributed by atoms with van der Waals surface area (Å²) in [5, 5.41) is 10.7. The normalized spacial score (nSPS) is 17.9. The highest BCUT2D eigenvalue weighted by molar-refractivity contribution is 5.79. The predicted molar refractivity (Wildman–Crippen MR) is 114 cm³/mol. The van der Waals surface area contributed by atoms with Crippen LogP contribution in [-0.4, -0.2) is 45.4 Å². The van der Waals surface area contributed by atoms with Crippen LogP contribution in [0.25, 0.3) is 0 Å². The number of hydrogen-bond donors (Lipinski definition) is 3. The summed E-state index contributed by atoms with van der Waals surface area (Å²) in [6, 6.07) is 10.9. The SMILES string of the molecule is CN=C(NCC1(CCOC)CCC1)NCC(C)(C)NC(C)c1ccccc1. The first-order valence-corrected chi connectivity index (χ1v) is 10.2. The zero-order valence-corrected chi connectivity index (χ0v) is 17.8. The lowest BCUT2D eigenvalue weighted by Gasteiger charge is -2.42. The molecule has 0 aliphatic heterocycles. The Hall–Kier alpha value is -1.59. The molecule has 1 atom stereocenters. The Labute approximate surface area is 165 Å². The summed E-state index contributed by atoms with van der Waals surface area (Å²) in [6.45, 7) is 9.25. The van der Waals surface area contributed by atoms with E-state index in [1.165, 1.54) is 24.8 Å². The molecule has 2 rings (SSSR count). The van der Waals surface area contributed by atoms with Gasteiger partial charge in [0.05, 0.1) is 0 Å². The van der Waals surface area contributed by atoms with E-state index in [1.807, 2.05) is 7.05 Å². The molecule has 27 heavy (non-hydrogen) atoms. The van der Waals surface area contributed by atoms with Gasteiger partial charge in [-0.2, -0.15) is 0 Å². The Bertz CT molecular complexity index is 581. The van der Waals surface area contributed by atoms with Crippen molar-refractivity contribution >= 4 is 5.96 Å². The fourth-order valence-electron chi connectivity index (χ4n) is 3.77. The molecule has 3 N–H and O–H groups in total. The number of benzene rings is 1. The zero-order chi connectivity index (χ0) is 19.8. The maximum atomic E-state index is 5.29. The van der Waals surface area contributed by atoms with Gasteiger partial charge in [0.1, 0.15) is 0 Å². The fraction of sp³-hybridized carbons (Fsp3) is 0.682. The van der Waals surface area contributed by atoms with Crippen molar-refractivity contribution in [2.45, 2.75) is 58.0 Å². The van der Waals surface area contributed by atoms with Crippen LogP contribution in [0.3, 0.4) is 0 Å². The third kappa shape index (κ3) is 6.82. The van der Waals surface area contributed by atoms with E-state index in [1.54, 1.807) is 7.11 Å². The van der Waals surface area contributed by atoms with Gasteiger partial charge in [-0.15, -0.1) is 0 Å². The average Bonchev–Trinajstić information content (AvgIpc) is 2.63. The summed E-state index contributed by atoms with van der Waals surface area (Å²) in [6.07, 6.45) is 5.00. The van der Waals surface area contributed by atoms with E-state index < -0.39 is 0 Å². The maximum Gasteiger partial charge on any atom is 0.191 e. The van der Waals surface area contributed by atoms with E-state index in [2.05, 4.69) is 72.0 Å². The molecule has 0 aromatic heterocycles. The molecule has 0 saturated heterocycles. The van der Waals surface area contributed by atoms with Crippen LogP contribution in [0.1, 0.15) is 58.1 Å². The minimum absolute atomic E-state index is 0.0584. The molecule has 1 aromatic carbocycles. The van der Waals surface area contributed by atoms with Crippen molar-refractivity contribution in [1.82, 2.24) is 16.0 Å². The van der Waals surface area contributed by atoms with E-state index in [0.29, 0.717) is 11.5 Å². The lowest BCUT2D eigenvalue weighted by Crippen LogP contribution is -2.53. The molecular formula is C22H38N4O. The average molecular weight is 375 g/mol. The van der Waals surface area contributed by atoms with Crippen molar-refractivity contribution in [2.75, 3.05) is 33.9 Å². The van der Waals surface area contributed by atoms with Crippen LogP contribution in [-0.2, 0) is 4.74 Å². The van der Waals surface area contributed by atoms with E-state index in [4.69, 9.17) is 4.74 Å². The fourth-order valence-corrected chi connectivity index (χ4v) is 3.77. The van der Waals surface area contributed by atoms with Gasteiger partial charge in [-0.3, -0.25) is 4.99 Å². The summed E-state index contributed by atoms with van der Waals surface area (Å²) < 4.78 is 5.29. The number of methoxy groups -OCH3 is 1. The summed E-state index contributed by atoms with van der Waals surface area (Å²) in [7, 11) is 3.62. The highest BCUT2D eigenvalue weighted by atomic mass is 16.5. The van der Waals surface area contributed by atoms with Crippen molar-refractivity contribution in [3.63, 3.8) is 0 Å². The minimum Gasteiger partial charge on any atom is -0.385 e. The molecule has 0 amide bonds. The highest BCUT2D eigenvalue weighted by Gasteiger charge is 2.36. The van der Waals surface area contributed by atoms with Crippen molar-refractivity contribution in [1.29, 1.82) is 0 Å². The lowest BCUT2D eigenvalue weighted by molar-refractivity contribution is 0.0732. The molecule has 1 fully saturated rings. The molecule has 5 heteroatoms. The predicted octanol–water partition coefficient (Wildman–Crippen LogP) is 3.49. The number of aliphatic imine (C=N–C) groups is 1. The quantitative estimate of drug-likeness (QED) is 0.433. The van der Waals surface area contributed by atoms with Gasteiger partial charge in [0.15, 0.2) is 5.96 Å². The van der Waals surface area contributed by atoms with E-state index in [0.717, 1.165) is 32.1 Å². The molecule has 0 spiro atoms. The molecule has 0 heterocycles. The number of ether oxygens (including phenoxy) is 1. The molecule has 5 nitrogen and oxygen atoms in total. The first kappa shape index (κ1) is 21.7. The van der Waals surface area contributed by atoms with E-state index in [9.17, 15) is 0 Å². The molecule has 1 aliphatic rings. The maximum absolute atomic E-state index is 5.29. The molecule has 1 aromatic rings. The second-order valence-corrected chi connectivity index (χ2v) is 8.54. The highest BCUT2D eigenvalue weighted by Crippen LogP contribution is 2.43. The zero-order valence-electron chi connectivity index (χ0n) is 17.8. The Morgan fingerprint density at radius 2 is 1.93 bits per heavy atom. The third-order valence-electron chi connectivity index (χ3n) is 5.71. The van der Waals surface area contributed by atoms with Crippen LogP contribution < -0.4 is 16.0 Å².